The Labute approximate surface area is 107 Å². The van der Waals surface area contributed by atoms with Gasteiger partial charge in [-0.15, -0.1) is 0 Å². The lowest BCUT2D eigenvalue weighted by molar-refractivity contribution is -0.703. The van der Waals surface area contributed by atoms with Gasteiger partial charge in [0, 0.05) is 13.3 Å². The van der Waals surface area contributed by atoms with Gasteiger partial charge in [-0.05, 0) is 6.42 Å². The molecule has 1 rings (SSSR count). The number of carboxylic acid groups (broad SMARTS) is 1. The Bertz CT molecular complexity index is 458. The van der Waals surface area contributed by atoms with Crippen molar-refractivity contribution in [3.63, 3.8) is 0 Å². The highest BCUT2D eigenvalue weighted by Crippen LogP contribution is 2.07. The summed E-state index contributed by atoms with van der Waals surface area (Å²) in [5, 5.41) is 17.6. The Kier molecular flexibility index (Phi) is 5.37. The van der Waals surface area contributed by atoms with Crippen LogP contribution in [0.1, 0.15) is 37.7 Å². The van der Waals surface area contributed by atoms with Crippen molar-refractivity contribution >= 4 is 5.97 Å². The van der Waals surface area contributed by atoms with Crippen LogP contribution < -0.4 is 4.57 Å². The fraction of sp³-hybridized carbons (Fsp3) is 0.615. The number of hydrogen-bond acceptors (Lipinski definition) is 2. The molecule has 1 aromatic rings. The maximum absolute atomic E-state index is 10.9. The van der Waals surface area contributed by atoms with E-state index < -0.39 is 5.97 Å². The van der Waals surface area contributed by atoms with Gasteiger partial charge in [0.1, 0.15) is 18.4 Å². The highest BCUT2D eigenvalue weighted by atomic mass is 16.4. The van der Waals surface area contributed by atoms with Gasteiger partial charge in [0.2, 0.25) is 0 Å². The first-order chi connectivity index (χ1) is 8.60. The molecule has 0 amide bonds. The fourth-order valence-corrected chi connectivity index (χ4v) is 2.06. The van der Waals surface area contributed by atoms with E-state index in [0.717, 1.165) is 30.8 Å². The SMILES string of the molecule is CCCCc1n(CC(=O)O)c(C)c[n+]1CCC#N. The predicted octanol–water partition coefficient (Wildman–Crippen LogP) is 1.42. The summed E-state index contributed by atoms with van der Waals surface area (Å²) in [6.07, 6.45) is 5.32. The second-order valence-electron chi connectivity index (χ2n) is 4.37. The number of carboxylic acids is 1. The van der Waals surface area contributed by atoms with E-state index in [1.807, 2.05) is 22.3 Å². The number of carbonyl (C=O) groups is 1. The van der Waals surface area contributed by atoms with Gasteiger partial charge >= 0.3 is 5.97 Å². The number of aliphatic carboxylic acids is 1. The standard InChI is InChI=1S/C13H19N3O2/c1-3-4-6-12-15(8-5-7-14)9-11(2)16(12)10-13(17)18/h9H,3-6,8,10H2,1-2H3/p+1. The largest absolute Gasteiger partial charge is 0.478 e. The van der Waals surface area contributed by atoms with Crippen LogP contribution >= 0.6 is 0 Å². The van der Waals surface area contributed by atoms with Crippen LogP contribution in [0.3, 0.4) is 0 Å². The number of imidazole rings is 1. The van der Waals surface area contributed by atoms with Crippen LogP contribution in [0.15, 0.2) is 6.20 Å². The van der Waals surface area contributed by atoms with Gasteiger partial charge in [0.25, 0.3) is 5.82 Å². The summed E-state index contributed by atoms with van der Waals surface area (Å²) in [7, 11) is 0. The highest BCUT2D eigenvalue weighted by Gasteiger charge is 2.21. The summed E-state index contributed by atoms with van der Waals surface area (Å²) in [6, 6.07) is 2.12. The lowest BCUT2D eigenvalue weighted by Gasteiger charge is -2.02. The Balaban J connectivity index is 3.02. The molecule has 0 bridgehead atoms. The summed E-state index contributed by atoms with van der Waals surface area (Å²) >= 11 is 0. The summed E-state index contributed by atoms with van der Waals surface area (Å²) in [4.78, 5) is 10.9. The molecular weight excluding hydrogens is 230 g/mol. The van der Waals surface area contributed by atoms with E-state index in [1.165, 1.54) is 0 Å². The molecule has 0 fully saturated rings. The van der Waals surface area contributed by atoms with Gasteiger partial charge in [-0.1, -0.05) is 13.3 Å². The van der Waals surface area contributed by atoms with Crippen molar-refractivity contribution in [3.05, 3.63) is 17.7 Å². The monoisotopic (exact) mass is 250 g/mol. The van der Waals surface area contributed by atoms with Crippen molar-refractivity contribution in [1.82, 2.24) is 4.57 Å². The van der Waals surface area contributed by atoms with Crippen LogP contribution in [0.5, 0.6) is 0 Å². The third-order valence-corrected chi connectivity index (χ3v) is 2.92. The molecule has 0 spiro atoms. The molecule has 5 heteroatoms. The minimum atomic E-state index is -0.834. The lowest BCUT2D eigenvalue weighted by Crippen LogP contribution is -2.37. The first kappa shape index (κ1) is 14.2. The summed E-state index contributed by atoms with van der Waals surface area (Å²) in [6.45, 7) is 4.63. The van der Waals surface area contributed by atoms with E-state index in [-0.39, 0.29) is 6.54 Å². The number of hydrogen-bond donors (Lipinski definition) is 1. The van der Waals surface area contributed by atoms with E-state index in [0.29, 0.717) is 13.0 Å². The van der Waals surface area contributed by atoms with E-state index in [9.17, 15) is 4.79 Å². The quantitative estimate of drug-likeness (QED) is 0.744. The van der Waals surface area contributed by atoms with Crippen LogP contribution in [-0.4, -0.2) is 15.6 Å². The molecule has 1 N–H and O–H groups in total. The molecule has 0 radical (unpaired) electrons. The Hall–Kier alpha value is -1.83. The van der Waals surface area contributed by atoms with Crippen molar-refractivity contribution in [3.8, 4) is 6.07 Å². The molecule has 98 valence electrons. The number of unbranched alkanes of at least 4 members (excludes halogenated alkanes) is 1. The van der Waals surface area contributed by atoms with Gasteiger partial charge in [-0.3, -0.25) is 0 Å². The number of nitrogens with zero attached hydrogens (tertiary/aromatic N) is 3. The molecule has 0 aliphatic heterocycles. The fourth-order valence-electron chi connectivity index (χ4n) is 2.06. The van der Waals surface area contributed by atoms with Crippen molar-refractivity contribution in [2.24, 2.45) is 0 Å². The molecule has 1 aromatic heterocycles. The van der Waals surface area contributed by atoms with Crippen molar-refractivity contribution in [2.75, 3.05) is 0 Å². The normalized spacial score (nSPS) is 10.3. The van der Waals surface area contributed by atoms with Gasteiger partial charge in [-0.25, -0.2) is 13.9 Å². The first-order valence-electron chi connectivity index (χ1n) is 6.27. The van der Waals surface area contributed by atoms with Crippen LogP contribution in [-0.2, 0) is 24.3 Å². The number of nitriles is 1. The molecule has 5 nitrogen and oxygen atoms in total. The third-order valence-electron chi connectivity index (χ3n) is 2.92. The van der Waals surface area contributed by atoms with Gasteiger partial charge in [-0.2, -0.15) is 5.26 Å². The molecule has 0 saturated carbocycles. The highest BCUT2D eigenvalue weighted by molar-refractivity contribution is 5.66. The zero-order valence-corrected chi connectivity index (χ0v) is 11.0. The lowest BCUT2D eigenvalue weighted by atomic mass is 10.2. The summed E-state index contributed by atoms with van der Waals surface area (Å²) < 4.78 is 3.84. The van der Waals surface area contributed by atoms with Crippen molar-refractivity contribution < 1.29 is 14.5 Å². The van der Waals surface area contributed by atoms with Crippen LogP contribution in [0, 0.1) is 18.3 Å². The molecule has 1 heterocycles. The van der Waals surface area contributed by atoms with Crippen molar-refractivity contribution in [1.29, 1.82) is 5.26 Å². The molecular formula is C13H20N3O2+. The number of rotatable bonds is 7. The Morgan fingerprint density at radius 2 is 2.33 bits per heavy atom. The first-order valence-corrected chi connectivity index (χ1v) is 6.27. The topological polar surface area (TPSA) is 69.9 Å². The molecule has 0 saturated heterocycles. The zero-order valence-electron chi connectivity index (χ0n) is 11.0. The number of aromatic nitrogens is 2. The number of aryl methyl sites for hydroxylation is 2. The minimum Gasteiger partial charge on any atom is -0.478 e. The predicted molar refractivity (Wildman–Crippen MR) is 65.8 cm³/mol. The molecule has 0 aliphatic carbocycles. The average molecular weight is 250 g/mol. The molecule has 18 heavy (non-hydrogen) atoms. The molecule has 0 aliphatic rings. The van der Waals surface area contributed by atoms with E-state index in [1.54, 1.807) is 0 Å². The third kappa shape index (κ3) is 3.59. The summed E-state index contributed by atoms with van der Waals surface area (Å²) in [5.41, 5.74) is 0.932. The van der Waals surface area contributed by atoms with Gasteiger partial charge < -0.3 is 5.11 Å². The summed E-state index contributed by atoms with van der Waals surface area (Å²) in [5.74, 6) is 0.172. The maximum atomic E-state index is 10.9. The Morgan fingerprint density at radius 1 is 1.61 bits per heavy atom. The van der Waals surface area contributed by atoms with E-state index in [2.05, 4.69) is 13.0 Å². The van der Waals surface area contributed by atoms with E-state index >= 15 is 0 Å². The average Bonchev–Trinajstić information content (AvgIpc) is 2.60. The van der Waals surface area contributed by atoms with Crippen LogP contribution in [0.4, 0.5) is 0 Å². The van der Waals surface area contributed by atoms with Gasteiger partial charge in [0.05, 0.1) is 12.5 Å². The van der Waals surface area contributed by atoms with Gasteiger partial charge in [0.15, 0.2) is 6.54 Å². The maximum Gasteiger partial charge on any atom is 0.346 e. The van der Waals surface area contributed by atoms with Crippen molar-refractivity contribution in [2.45, 2.75) is 52.6 Å². The smallest absolute Gasteiger partial charge is 0.346 e. The second kappa shape index (κ2) is 6.80. The minimum absolute atomic E-state index is 0.00949. The zero-order chi connectivity index (χ0) is 13.5. The van der Waals surface area contributed by atoms with Crippen LogP contribution in [0.25, 0.3) is 0 Å². The molecule has 0 atom stereocenters. The molecule has 0 unspecified atom stereocenters. The molecule has 0 aromatic carbocycles. The second-order valence-corrected chi connectivity index (χ2v) is 4.37. The van der Waals surface area contributed by atoms with Crippen LogP contribution in [0.2, 0.25) is 0 Å². The Morgan fingerprint density at radius 3 is 2.89 bits per heavy atom. The van der Waals surface area contributed by atoms with E-state index in [4.69, 9.17) is 10.4 Å².